The summed E-state index contributed by atoms with van der Waals surface area (Å²) < 4.78 is 23.8. The Morgan fingerprint density at radius 3 is 2.80 bits per heavy atom. The molecule has 6 nitrogen and oxygen atoms in total. The zero-order valence-electron chi connectivity index (χ0n) is 14.0. The predicted molar refractivity (Wildman–Crippen MR) is 87.2 cm³/mol. The Kier molecular flexibility index (Phi) is 4.25. The molecule has 2 saturated heterocycles. The Morgan fingerprint density at radius 1 is 1.28 bits per heavy atom. The van der Waals surface area contributed by atoms with Crippen molar-refractivity contribution < 1.29 is 18.4 Å². The van der Waals surface area contributed by atoms with Crippen LogP contribution in [0.5, 0.6) is 0 Å². The van der Waals surface area contributed by atoms with E-state index in [0.29, 0.717) is 18.3 Å². The molecule has 0 aliphatic carbocycles. The molecule has 0 amide bonds. The molecule has 3 unspecified atom stereocenters. The van der Waals surface area contributed by atoms with E-state index in [1.165, 1.54) is 12.1 Å². The maximum absolute atomic E-state index is 13.0. The number of esters is 1. The molecule has 3 atom stereocenters. The second-order valence-corrected chi connectivity index (χ2v) is 6.80. The van der Waals surface area contributed by atoms with Gasteiger partial charge < -0.3 is 9.26 Å². The van der Waals surface area contributed by atoms with Crippen molar-refractivity contribution in [1.82, 2.24) is 15.0 Å². The van der Waals surface area contributed by atoms with Gasteiger partial charge in [0.05, 0.1) is 5.92 Å². The number of halogens is 1. The number of likely N-dealkylation sites (tertiary alicyclic amines) is 1. The minimum absolute atomic E-state index is 0.0219. The van der Waals surface area contributed by atoms with Crippen molar-refractivity contribution in [2.24, 2.45) is 0 Å². The summed E-state index contributed by atoms with van der Waals surface area (Å²) in [6.45, 7) is 3.51. The number of piperidine rings is 1. The molecule has 0 bridgehead atoms. The van der Waals surface area contributed by atoms with Crippen LogP contribution in [0.25, 0.3) is 11.4 Å². The standard InChI is InChI=1S/C18H20FN3O3/c1-11-9-15(18(23)24-11)22-8-2-3-13(10-22)17-20-16(21-25-17)12-4-6-14(19)7-5-12/h4-7,11,13,15H,2-3,8-10H2,1H3. The van der Waals surface area contributed by atoms with Crippen LogP contribution in [0.1, 0.15) is 38.0 Å². The number of aromatic nitrogens is 2. The first-order chi connectivity index (χ1) is 12.1. The van der Waals surface area contributed by atoms with E-state index in [1.807, 2.05) is 6.92 Å². The maximum Gasteiger partial charge on any atom is 0.323 e. The lowest BCUT2D eigenvalue weighted by Crippen LogP contribution is -2.44. The number of benzene rings is 1. The zero-order valence-corrected chi connectivity index (χ0v) is 14.0. The van der Waals surface area contributed by atoms with Crippen LogP contribution in [0, 0.1) is 5.82 Å². The molecule has 4 rings (SSSR count). The SMILES string of the molecule is CC1CC(N2CCCC(c3nc(-c4ccc(F)cc4)no3)C2)C(=O)O1. The van der Waals surface area contributed by atoms with E-state index >= 15 is 0 Å². The first-order valence-electron chi connectivity index (χ1n) is 8.64. The lowest BCUT2D eigenvalue weighted by Gasteiger charge is -2.33. The lowest BCUT2D eigenvalue weighted by molar-refractivity contribution is -0.145. The normalized spacial score (nSPS) is 27.4. The van der Waals surface area contributed by atoms with Crippen LogP contribution >= 0.6 is 0 Å². The van der Waals surface area contributed by atoms with Crippen molar-refractivity contribution in [3.63, 3.8) is 0 Å². The number of carbonyl (C=O) groups is 1. The van der Waals surface area contributed by atoms with E-state index < -0.39 is 0 Å². The quantitative estimate of drug-likeness (QED) is 0.797. The molecule has 7 heteroatoms. The van der Waals surface area contributed by atoms with Crippen molar-refractivity contribution in [2.45, 2.75) is 44.2 Å². The van der Waals surface area contributed by atoms with Gasteiger partial charge in [0, 0.05) is 18.5 Å². The van der Waals surface area contributed by atoms with Crippen LogP contribution in [0.3, 0.4) is 0 Å². The molecular formula is C18H20FN3O3. The number of ether oxygens (including phenoxy) is 1. The maximum atomic E-state index is 13.0. The highest BCUT2D eigenvalue weighted by molar-refractivity contribution is 5.78. The molecule has 1 aromatic carbocycles. The van der Waals surface area contributed by atoms with Crippen LogP contribution in [0.15, 0.2) is 28.8 Å². The van der Waals surface area contributed by atoms with Gasteiger partial charge in [-0.05, 0) is 50.6 Å². The fourth-order valence-electron chi connectivity index (χ4n) is 3.64. The summed E-state index contributed by atoms with van der Waals surface area (Å²) in [4.78, 5) is 18.7. The molecule has 0 N–H and O–H groups in total. The van der Waals surface area contributed by atoms with E-state index in [2.05, 4.69) is 15.0 Å². The lowest BCUT2D eigenvalue weighted by atomic mass is 9.96. The van der Waals surface area contributed by atoms with Gasteiger partial charge in [-0.15, -0.1) is 0 Å². The van der Waals surface area contributed by atoms with Crippen LogP contribution < -0.4 is 0 Å². The van der Waals surface area contributed by atoms with Crippen molar-refractivity contribution in [1.29, 1.82) is 0 Å². The molecule has 2 aliphatic rings. The Bertz CT molecular complexity index is 761. The smallest absolute Gasteiger partial charge is 0.323 e. The summed E-state index contributed by atoms with van der Waals surface area (Å²) in [5, 5.41) is 4.02. The number of carbonyl (C=O) groups excluding carboxylic acids is 1. The average molecular weight is 345 g/mol. The molecule has 3 heterocycles. The van der Waals surface area contributed by atoms with Crippen molar-refractivity contribution >= 4 is 5.97 Å². The first kappa shape index (κ1) is 16.2. The predicted octanol–water partition coefficient (Wildman–Crippen LogP) is 2.76. The number of hydrogen-bond donors (Lipinski definition) is 0. The van der Waals surface area contributed by atoms with Gasteiger partial charge in [-0.25, -0.2) is 4.39 Å². The van der Waals surface area contributed by atoms with Gasteiger partial charge in [-0.3, -0.25) is 9.69 Å². The van der Waals surface area contributed by atoms with E-state index in [4.69, 9.17) is 9.26 Å². The average Bonchev–Trinajstić information content (AvgIpc) is 3.22. The fraction of sp³-hybridized carbons (Fsp3) is 0.500. The third-order valence-electron chi connectivity index (χ3n) is 4.93. The Hall–Kier alpha value is -2.28. The topological polar surface area (TPSA) is 68.5 Å². The third kappa shape index (κ3) is 3.28. The number of nitrogens with zero attached hydrogens (tertiary/aromatic N) is 3. The van der Waals surface area contributed by atoms with Gasteiger partial charge in [0.1, 0.15) is 18.0 Å². The summed E-state index contributed by atoms with van der Waals surface area (Å²) in [5.41, 5.74) is 0.720. The number of hydrogen-bond acceptors (Lipinski definition) is 6. The van der Waals surface area contributed by atoms with Crippen molar-refractivity contribution in [3.05, 3.63) is 36.0 Å². The summed E-state index contributed by atoms with van der Waals surface area (Å²) in [6, 6.07) is 5.85. The van der Waals surface area contributed by atoms with Crippen LogP contribution in [0.2, 0.25) is 0 Å². The van der Waals surface area contributed by atoms with Gasteiger partial charge in [0.2, 0.25) is 11.7 Å². The molecule has 25 heavy (non-hydrogen) atoms. The summed E-state index contributed by atoms with van der Waals surface area (Å²) in [6.07, 6.45) is 2.62. The molecule has 132 valence electrons. The number of rotatable bonds is 3. The molecule has 0 saturated carbocycles. The Morgan fingerprint density at radius 2 is 2.08 bits per heavy atom. The van der Waals surface area contributed by atoms with E-state index in [-0.39, 0.29) is 29.9 Å². The minimum atomic E-state index is -0.298. The van der Waals surface area contributed by atoms with Crippen LogP contribution in [-0.2, 0) is 9.53 Å². The van der Waals surface area contributed by atoms with Crippen LogP contribution in [0.4, 0.5) is 4.39 Å². The molecule has 0 radical (unpaired) electrons. The highest BCUT2D eigenvalue weighted by Gasteiger charge is 2.39. The molecule has 2 fully saturated rings. The third-order valence-corrected chi connectivity index (χ3v) is 4.93. The summed E-state index contributed by atoms with van der Waals surface area (Å²) in [5.74, 6) is 0.697. The number of cyclic esters (lactones) is 1. The Balaban J connectivity index is 1.48. The monoisotopic (exact) mass is 345 g/mol. The molecule has 2 aliphatic heterocycles. The van der Waals surface area contributed by atoms with Gasteiger partial charge in [0.15, 0.2) is 0 Å². The van der Waals surface area contributed by atoms with Gasteiger partial charge >= 0.3 is 5.97 Å². The molecule has 2 aromatic rings. The minimum Gasteiger partial charge on any atom is -0.461 e. The Labute approximate surface area is 145 Å². The highest BCUT2D eigenvalue weighted by atomic mass is 19.1. The van der Waals surface area contributed by atoms with E-state index in [9.17, 15) is 9.18 Å². The molecule has 1 aromatic heterocycles. The van der Waals surface area contributed by atoms with E-state index in [1.54, 1.807) is 12.1 Å². The largest absolute Gasteiger partial charge is 0.461 e. The zero-order chi connectivity index (χ0) is 17.4. The van der Waals surface area contributed by atoms with Gasteiger partial charge in [-0.2, -0.15) is 4.98 Å². The molecular weight excluding hydrogens is 325 g/mol. The van der Waals surface area contributed by atoms with E-state index in [0.717, 1.165) is 31.4 Å². The second-order valence-electron chi connectivity index (χ2n) is 6.80. The highest BCUT2D eigenvalue weighted by Crippen LogP contribution is 2.31. The van der Waals surface area contributed by atoms with Crippen LogP contribution in [-0.4, -0.2) is 46.2 Å². The van der Waals surface area contributed by atoms with Crippen molar-refractivity contribution in [3.8, 4) is 11.4 Å². The van der Waals surface area contributed by atoms with Crippen molar-refractivity contribution in [2.75, 3.05) is 13.1 Å². The summed E-state index contributed by atoms with van der Waals surface area (Å²) >= 11 is 0. The van der Waals surface area contributed by atoms with Gasteiger partial charge in [0.25, 0.3) is 0 Å². The second kappa shape index (κ2) is 6.55. The summed E-state index contributed by atoms with van der Waals surface area (Å²) in [7, 11) is 0. The van der Waals surface area contributed by atoms with Gasteiger partial charge in [-0.1, -0.05) is 5.16 Å². The molecule has 0 spiro atoms. The fourth-order valence-corrected chi connectivity index (χ4v) is 3.64. The first-order valence-corrected chi connectivity index (χ1v) is 8.64.